The Labute approximate surface area is 104 Å². The Morgan fingerprint density at radius 2 is 2.22 bits per heavy atom. The molecule has 1 aliphatic rings. The molecule has 2 amide bonds. The van der Waals surface area contributed by atoms with E-state index in [1.165, 1.54) is 6.20 Å². The highest BCUT2D eigenvalue weighted by Crippen LogP contribution is 2.05. The standard InChI is InChI=1S/C11H16N4O3/c1-8-6-14-18-10(8)11(17)13-7-9(16)15-4-2-12-3-5-15/h6,12H,2-5,7H2,1H3,(H,13,17). The molecule has 0 bridgehead atoms. The largest absolute Gasteiger partial charge is 0.351 e. The second kappa shape index (κ2) is 5.63. The number of aryl methyl sites for hydroxylation is 1. The van der Waals surface area contributed by atoms with Crippen molar-refractivity contribution < 1.29 is 14.1 Å². The van der Waals surface area contributed by atoms with Crippen LogP contribution < -0.4 is 10.6 Å². The minimum absolute atomic E-state index is 0.0149. The lowest BCUT2D eigenvalue weighted by molar-refractivity contribution is -0.130. The van der Waals surface area contributed by atoms with Crippen LogP contribution in [0.15, 0.2) is 10.7 Å². The molecule has 1 aliphatic heterocycles. The molecule has 0 atom stereocenters. The van der Waals surface area contributed by atoms with Gasteiger partial charge in [0.15, 0.2) is 0 Å². The predicted molar refractivity (Wildman–Crippen MR) is 63.0 cm³/mol. The lowest BCUT2D eigenvalue weighted by atomic mass is 10.3. The lowest BCUT2D eigenvalue weighted by Crippen LogP contribution is -2.49. The second-order valence-corrected chi connectivity index (χ2v) is 4.15. The number of carbonyl (C=O) groups excluding carboxylic acids is 2. The van der Waals surface area contributed by atoms with E-state index in [1.807, 2.05) is 0 Å². The molecular weight excluding hydrogens is 236 g/mol. The molecule has 0 radical (unpaired) electrons. The number of hydrogen-bond donors (Lipinski definition) is 2. The van der Waals surface area contributed by atoms with Gasteiger partial charge in [-0.2, -0.15) is 0 Å². The average molecular weight is 252 g/mol. The Morgan fingerprint density at radius 3 is 2.83 bits per heavy atom. The van der Waals surface area contributed by atoms with Gasteiger partial charge in [0.25, 0.3) is 5.91 Å². The SMILES string of the molecule is Cc1cnoc1C(=O)NCC(=O)N1CCNCC1. The molecule has 2 rings (SSSR count). The molecule has 1 aromatic heterocycles. The van der Waals surface area contributed by atoms with Crippen LogP contribution in [0, 0.1) is 6.92 Å². The summed E-state index contributed by atoms with van der Waals surface area (Å²) in [7, 11) is 0. The minimum atomic E-state index is -0.409. The van der Waals surface area contributed by atoms with Crippen molar-refractivity contribution in [2.24, 2.45) is 0 Å². The minimum Gasteiger partial charge on any atom is -0.351 e. The van der Waals surface area contributed by atoms with Gasteiger partial charge < -0.3 is 20.1 Å². The van der Waals surface area contributed by atoms with Crippen molar-refractivity contribution >= 4 is 11.8 Å². The topological polar surface area (TPSA) is 87.5 Å². The van der Waals surface area contributed by atoms with E-state index in [4.69, 9.17) is 4.52 Å². The first kappa shape index (κ1) is 12.6. The van der Waals surface area contributed by atoms with Gasteiger partial charge in [0, 0.05) is 31.7 Å². The Balaban J connectivity index is 1.82. The van der Waals surface area contributed by atoms with E-state index in [1.54, 1.807) is 11.8 Å². The summed E-state index contributed by atoms with van der Waals surface area (Å²) >= 11 is 0. The van der Waals surface area contributed by atoms with Crippen molar-refractivity contribution in [1.82, 2.24) is 20.7 Å². The summed E-state index contributed by atoms with van der Waals surface area (Å²) in [6.07, 6.45) is 1.47. The number of aromatic nitrogens is 1. The van der Waals surface area contributed by atoms with Crippen molar-refractivity contribution in [3.8, 4) is 0 Å². The fourth-order valence-electron chi connectivity index (χ4n) is 1.77. The van der Waals surface area contributed by atoms with Crippen LogP contribution in [0.4, 0.5) is 0 Å². The summed E-state index contributed by atoms with van der Waals surface area (Å²) in [5.41, 5.74) is 0.655. The van der Waals surface area contributed by atoms with Crippen molar-refractivity contribution in [3.63, 3.8) is 0 Å². The Bertz CT molecular complexity index is 437. The van der Waals surface area contributed by atoms with Crippen molar-refractivity contribution in [3.05, 3.63) is 17.5 Å². The highest BCUT2D eigenvalue weighted by Gasteiger charge is 2.19. The summed E-state index contributed by atoms with van der Waals surface area (Å²) in [4.78, 5) is 25.2. The van der Waals surface area contributed by atoms with Crippen molar-refractivity contribution in [2.45, 2.75) is 6.92 Å². The maximum atomic E-state index is 11.8. The quantitative estimate of drug-likeness (QED) is 0.731. The van der Waals surface area contributed by atoms with Crippen LogP contribution >= 0.6 is 0 Å². The van der Waals surface area contributed by atoms with Crippen LogP contribution in [0.1, 0.15) is 16.1 Å². The molecule has 0 aliphatic carbocycles. The van der Waals surface area contributed by atoms with E-state index in [0.717, 1.165) is 13.1 Å². The maximum absolute atomic E-state index is 11.8. The van der Waals surface area contributed by atoms with Gasteiger partial charge in [0.05, 0.1) is 12.7 Å². The van der Waals surface area contributed by atoms with Crippen molar-refractivity contribution in [1.29, 1.82) is 0 Å². The molecule has 7 nitrogen and oxygen atoms in total. The molecule has 2 heterocycles. The Morgan fingerprint density at radius 1 is 1.50 bits per heavy atom. The molecule has 1 saturated heterocycles. The highest BCUT2D eigenvalue weighted by molar-refractivity contribution is 5.95. The number of nitrogens with zero attached hydrogens (tertiary/aromatic N) is 2. The fourth-order valence-corrected chi connectivity index (χ4v) is 1.77. The third kappa shape index (κ3) is 2.86. The molecule has 1 fully saturated rings. The van der Waals surface area contributed by atoms with Gasteiger partial charge in [0.2, 0.25) is 11.7 Å². The van der Waals surface area contributed by atoms with Gasteiger partial charge >= 0.3 is 0 Å². The van der Waals surface area contributed by atoms with E-state index in [0.29, 0.717) is 18.7 Å². The van der Waals surface area contributed by atoms with Crippen LogP contribution in [0.5, 0.6) is 0 Å². The zero-order valence-corrected chi connectivity index (χ0v) is 10.2. The van der Waals surface area contributed by atoms with E-state index >= 15 is 0 Å². The molecule has 0 aromatic carbocycles. The van der Waals surface area contributed by atoms with Gasteiger partial charge in [-0.15, -0.1) is 0 Å². The predicted octanol–water partition coefficient (Wildman–Crippen LogP) is -0.855. The third-order valence-corrected chi connectivity index (χ3v) is 2.82. The molecule has 7 heteroatoms. The lowest BCUT2D eigenvalue weighted by Gasteiger charge is -2.27. The van der Waals surface area contributed by atoms with E-state index in [-0.39, 0.29) is 18.2 Å². The summed E-state index contributed by atoms with van der Waals surface area (Å²) in [5, 5.41) is 9.22. The first-order valence-corrected chi connectivity index (χ1v) is 5.86. The summed E-state index contributed by atoms with van der Waals surface area (Å²) < 4.78 is 4.81. The number of amides is 2. The summed E-state index contributed by atoms with van der Waals surface area (Å²) in [5.74, 6) is -0.335. The van der Waals surface area contributed by atoms with Gasteiger partial charge in [-0.1, -0.05) is 5.16 Å². The first-order chi connectivity index (χ1) is 8.68. The molecule has 0 spiro atoms. The zero-order chi connectivity index (χ0) is 13.0. The molecule has 0 unspecified atom stereocenters. The van der Waals surface area contributed by atoms with Crippen LogP contribution in [0.3, 0.4) is 0 Å². The summed E-state index contributed by atoms with van der Waals surface area (Å²) in [6.45, 7) is 4.65. The first-order valence-electron chi connectivity index (χ1n) is 5.86. The fraction of sp³-hybridized carbons (Fsp3) is 0.545. The number of carbonyl (C=O) groups is 2. The van der Waals surface area contributed by atoms with Gasteiger partial charge in [-0.05, 0) is 6.92 Å². The molecule has 2 N–H and O–H groups in total. The molecule has 0 saturated carbocycles. The molecule has 1 aromatic rings. The van der Waals surface area contributed by atoms with Crippen LogP contribution in [0.25, 0.3) is 0 Å². The number of piperazine rings is 1. The van der Waals surface area contributed by atoms with Gasteiger partial charge in [-0.3, -0.25) is 9.59 Å². The molecular formula is C11H16N4O3. The van der Waals surface area contributed by atoms with Crippen LogP contribution in [-0.2, 0) is 4.79 Å². The zero-order valence-electron chi connectivity index (χ0n) is 10.2. The second-order valence-electron chi connectivity index (χ2n) is 4.15. The Hall–Kier alpha value is -1.89. The number of nitrogens with one attached hydrogen (secondary N) is 2. The van der Waals surface area contributed by atoms with E-state index < -0.39 is 5.91 Å². The molecule has 18 heavy (non-hydrogen) atoms. The smallest absolute Gasteiger partial charge is 0.290 e. The number of rotatable bonds is 3. The number of hydrogen-bond acceptors (Lipinski definition) is 5. The normalized spacial score (nSPS) is 15.5. The van der Waals surface area contributed by atoms with Gasteiger partial charge in [-0.25, -0.2) is 0 Å². The average Bonchev–Trinajstić information content (AvgIpc) is 2.83. The van der Waals surface area contributed by atoms with E-state index in [2.05, 4.69) is 15.8 Å². The van der Waals surface area contributed by atoms with Crippen molar-refractivity contribution in [2.75, 3.05) is 32.7 Å². The van der Waals surface area contributed by atoms with E-state index in [9.17, 15) is 9.59 Å². The summed E-state index contributed by atoms with van der Waals surface area (Å²) in [6, 6.07) is 0. The van der Waals surface area contributed by atoms with Gasteiger partial charge in [0.1, 0.15) is 0 Å². The molecule has 98 valence electrons. The third-order valence-electron chi connectivity index (χ3n) is 2.82. The van der Waals surface area contributed by atoms with Crippen LogP contribution in [-0.4, -0.2) is 54.6 Å². The van der Waals surface area contributed by atoms with Crippen LogP contribution in [0.2, 0.25) is 0 Å². The monoisotopic (exact) mass is 252 g/mol. The highest BCUT2D eigenvalue weighted by atomic mass is 16.5. The Kier molecular flexibility index (Phi) is 3.93. The maximum Gasteiger partial charge on any atom is 0.290 e.